The molecule has 126 valence electrons. The summed E-state index contributed by atoms with van der Waals surface area (Å²) in [6.45, 7) is 4.66. The van der Waals surface area contributed by atoms with Gasteiger partial charge < -0.3 is 4.90 Å². The molecule has 23 heavy (non-hydrogen) atoms. The first-order chi connectivity index (χ1) is 11.0. The Morgan fingerprint density at radius 2 is 1.91 bits per heavy atom. The largest absolute Gasteiger partial charge is 0.339 e. The van der Waals surface area contributed by atoms with Gasteiger partial charge in [-0.1, -0.05) is 35.3 Å². The van der Waals surface area contributed by atoms with Crippen LogP contribution in [0, 0.1) is 0 Å². The van der Waals surface area contributed by atoms with E-state index < -0.39 is 0 Å². The maximum absolute atomic E-state index is 12.3. The molecule has 1 aromatic rings. The predicted octanol–water partition coefficient (Wildman–Crippen LogP) is 2.73. The molecule has 1 aromatic carbocycles. The van der Waals surface area contributed by atoms with Crippen LogP contribution in [0.2, 0.25) is 10.0 Å². The van der Waals surface area contributed by atoms with Crippen molar-refractivity contribution in [1.29, 1.82) is 0 Å². The molecule has 1 heterocycles. The van der Waals surface area contributed by atoms with E-state index >= 15 is 0 Å². The molecule has 0 unspecified atom stereocenters. The molecule has 0 radical (unpaired) electrons. The first kappa shape index (κ1) is 17.0. The Morgan fingerprint density at radius 1 is 1.22 bits per heavy atom. The van der Waals surface area contributed by atoms with E-state index in [1.54, 1.807) is 6.07 Å². The third-order valence-corrected chi connectivity index (χ3v) is 5.56. The lowest BCUT2D eigenvalue weighted by molar-refractivity contribution is -0.134. The number of benzene rings is 1. The van der Waals surface area contributed by atoms with E-state index in [4.69, 9.17) is 23.2 Å². The third kappa shape index (κ3) is 4.38. The molecule has 1 saturated heterocycles. The Bertz CT molecular complexity index is 569. The van der Waals surface area contributed by atoms with Crippen molar-refractivity contribution in [3.8, 4) is 0 Å². The highest BCUT2D eigenvalue weighted by atomic mass is 35.5. The number of amides is 1. The zero-order valence-electron chi connectivity index (χ0n) is 13.5. The van der Waals surface area contributed by atoms with Gasteiger partial charge in [0, 0.05) is 38.8 Å². The molecule has 6 heteroatoms. The molecule has 1 aliphatic heterocycles. The molecular formula is C17H23Cl2N3O. The normalized spacial score (nSPS) is 19.4. The van der Waals surface area contributed by atoms with Gasteiger partial charge in [0.05, 0.1) is 16.6 Å². The number of hydrogen-bond donors (Lipinski definition) is 0. The van der Waals surface area contributed by atoms with Crippen LogP contribution in [0.25, 0.3) is 0 Å². The van der Waals surface area contributed by atoms with E-state index in [1.165, 1.54) is 12.8 Å². The predicted molar refractivity (Wildman–Crippen MR) is 94.0 cm³/mol. The Kier molecular flexibility index (Phi) is 5.47. The second-order valence-corrected chi connectivity index (χ2v) is 7.30. The van der Waals surface area contributed by atoms with Crippen LogP contribution < -0.4 is 0 Å². The van der Waals surface area contributed by atoms with Crippen molar-refractivity contribution in [3.05, 3.63) is 33.8 Å². The summed E-state index contributed by atoms with van der Waals surface area (Å²) in [5.74, 6) is 0.250. The summed E-state index contributed by atoms with van der Waals surface area (Å²) >= 11 is 12.3. The van der Waals surface area contributed by atoms with Crippen LogP contribution in [0.3, 0.4) is 0 Å². The number of likely N-dealkylation sites (N-methyl/N-ethyl adjacent to an activating group) is 1. The summed E-state index contributed by atoms with van der Waals surface area (Å²) in [6, 6.07) is 6.37. The fraction of sp³-hybridized carbons (Fsp3) is 0.588. The van der Waals surface area contributed by atoms with Crippen LogP contribution in [0.1, 0.15) is 18.4 Å². The fourth-order valence-electron chi connectivity index (χ4n) is 3.02. The monoisotopic (exact) mass is 355 g/mol. The molecule has 0 bridgehead atoms. The highest BCUT2D eigenvalue weighted by molar-refractivity contribution is 6.42. The highest BCUT2D eigenvalue weighted by Gasteiger charge is 2.29. The number of rotatable bonds is 5. The van der Waals surface area contributed by atoms with Crippen LogP contribution in [0.4, 0.5) is 0 Å². The van der Waals surface area contributed by atoms with Gasteiger partial charge in [-0.2, -0.15) is 0 Å². The first-order valence-corrected chi connectivity index (χ1v) is 8.93. The van der Waals surface area contributed by atoms with E-state index in [0.717, 1.165) is 38.3 Å². The van der Waals surface area contributed by atoms with Gasteiger partial charge in [0.2, 0.25) is 5.91 Å². The number of nitrogens with zero attached hydrogens (tertiary/aromatic N) is 3. The maximum atomic E-state index is 12.3. The standard InChI is InChI=1S/C17H23Cl2N3O/c1-20(14-5-6-14)12-16(23)22-9-7-21(8-10-22)11-13-3-2-4-15(18)17(13)19/h2-4,14H,5-12H2,1H3. The number of halogens is 2. The van der Waals surface area contributed by atoms with E-state index in [0.29, 0.717) is 22.6 Å². The van der Waals surface area contributed by atoms with Crippen molar-refractivity contribution >= 4 is 29.1 Å². The molecule has 0 aromatic heterocycles. The van der Waals surface area contributed by atoms with Gasteiger partial charge in [-0.05, 0) is 31.5 Å². The average Bonchev–Trinajstić information content (AvgIpc) is 3.37. The molecule has 2 fully saturated rings. The summed E-state index contributed by atoms with van der Waals surface area (Å²) in [4.78, 5) is 18.8. The van der Waals surface area contributed by atoms with Crippen LogP contribution >= 0.6 is 23.2 Å². The molecule has 2 aliphatic rings. The molecule has 4 nitrogen and oxygen atoms in total. The second-order valence-electron chi connectivity index (χ2n) is 6.52. The number of piperazine rings is 1. The van der Waals surface area contributed by atoms with Crippen LogP contribution in [0.15, 0.2) is 18.2 Å². The quantitative estimate of drug-likeness (QED) is 0.812. The zero-order chi connectivity index (χ0) is 16.4. The minimum absolute atomic E-state index is 0.250. The van der Waals surface area contributed by atoms with Gasteiger partial charge in [-0.25, -0.2) is 0 Å². The molecule has 1 aliphatic carbocycles. The zero-order valence-corrected chi connectivity index (χ0v) is 15.0. The van der Waals surface area contributed by atoms with E-state index in [9.17, 15) is 4.79 Å². The topological polar surface area (TPSA) is 26.8 Å². The van der Waals surface area contributed by atoms with Gasteiger partial charge in [0.25, 0.3) is 0 Å². The highest BCUT2D eigenvalue weighted by Crippen LogP contribution is 2.27. The molecule has 0 spiro atoms. The smallest absolute Gasteiger partial charge is 0.236 e. The molecule has 1 amide bonds. The summed E-state index contributed by atoms with van der Waals surface area (Å²) in [5, 5.41) is 1.24. The summed E-state index contributed by atoms with van der Waals surface area (Å²) in [7, 11) is 2.05. The Hall–Kier alpha value is -0.810. The van der Waals surface area contributed by atoms with Crippen molar-refractivity contribution in [2.75, 3.05) is 39.8 Å². The SMILES string of the molecule is CN(CC(=O)N1CCN(Cc2cccc(Cl)c2Cl)CC1)C1CC1. The molecule has 1 saturated carbocycles. The van der Waals surface area contributed by atoms with E-state index in [-0.39, 0.29) is 5.91 Å². The fourth-order valence-corrected chi connectivity index (χ4v) is 3.40. The number of hydrogen-bond acceptors (Lipinski definition) is 3. The first-order valence-electron chi connectivity index (χ1n) is 8.18. The number of carbonyl (C=O) groups is 1. The van der Waals surface area contributed by atoms with Crippen LogP contribution in [0.5, 0.6) is 0 Å². The number of carbonyl (C=O) groups excluding carboxylic acids is 1. The van der Waals surface area contributed by atoms with Crippen molar-refractivity contribution in [3.63, 3.8) is 0 Å². The van der Waals surface area contributed by atoms with Gasteiger partial charge in [0.15, 0.2) is 0 Å². The van der Waals surface area contributed by atoms with Crippen molar-refractivity contribution in [2.24, 2.45) is 0 Å². The van der Waals surface area contributed by atoms with Gasteiger partial charge in [-0.3, -0.25) is 14.6 Å². The van der Waals surface area contributed by atoms with Gasteiger partial charge >= 0.3 is 0 Å². The minimum atomic E-state index is 0.250. The Balaban J connectivity index is 1.48. The lowest BCUT2D eigenvalue weighted by atomic mass is 10.2. The summed E-state index contributed by atoms with van der Waals surface area (Å²) in [5.41, 5.74) is 1.05. The third-order valence-electron chi connectivity index (χ3n) is 4.71. The molecular weight excluding hydrogens is 333 g/mol. The lowest BCUT2D eigenvalue weighted by Crippen LogP contribution is -2.50. The van der Waals surface area contributed by atoms with E-state index in [2.05, 4.69) is 9.80 Å². The Morgan fingerprint density at radius 3 is 2.57 bits per heavy atom. The maximum Gasteiger partial charge on any atom is 0.236 e. The van der Waals surface area contributed by atoms with Crippen molar-refractivity contribution < 1.29 is 4.79 Å². The lowest BCUT2D eigenvalue weighted by Gasteiger charge is -2.35. The Labute approximate surface area is 147 Å². The van der Waals surface area contributed by atoms with Crippen LogP contribution in [-0.2, 0) is 11.3 Å². The van der Waals surface area contributed by atoms with E-state index in [1.807, 2.05) is 24.1 Å². The van der Waals surface area contributed by atoms with Gasteiger partial charge in [0.1, 0.15) is 0 Å². The van der Waals surface area contributed by atoms with Crippen LogP contribution in [-0.4, -0.2) is 66.4 Å². The van der Waals surface area contributed by atoms with Crippen molar-refractivity contribution in [2.45, 2.75) is 25.4 Å². The average molecular weight is 356 g/mol. The van der Waals surface area contributed by atoms with Crippen molar-refractivity contribution in [1.82, 2.24) is 14.7 Å². The second kappa shape index (κ2) is 7.39. The summed E-state index contributed by atoms with van der Waals surface area (Å²) < 4.78 is 0. The summed E-state index contributed by atoms with van der Waals surface area (Å²) in [6.07, 6.45) is 2.47. The molecule has 0 atom stereocenters. The molecule has 3 rings (SSSR count). The van der Waals surface area contributed by atoms with Gasteiger partial charge in [-0.15, -0.1) is 0 Å². The minimum Gasteiger partial charge on any atom is -0.339 e. The molecule has 0 N–H and O–H groups in total.